The van der Waals surface area contributed by atoms with Crippen molar-refractivity contribution < 1.29 is 5.11 Å². The van der Waals surface area contributed by atoms with Crippen LogP contribution in [0.25, 0.3) is 0 Å². The Morgan fingerprint density at radius 3 is 2.48 bits per heavy atom. The van der Waals surface area contributed by atoms with Crippen molar-refractivity contribution in [3.63, 3.8) is 0 Å². The minimum Gasteiger partial charge on any atom is -0.506 e. The number of hydrogen-bond donors (Lipinski definition) is 2. The van der Waals surface area contributed by atoms with Crippen LogP contribution in [0.3, 0.4) is 0 Å². The summed E-state index contributed by atoms with van der Waals surface area (Å²) in [5.41, 5.74) is 2.08. The van der Waals surface area contributed by atoms with Gasteiger partial charge in [0.2, 0.25) is 0 Å². The van der Waals surface area contributed by atoms with Gasteiger partial charge in [-0.05, 0) is 26.2 Å². The quantitative estimate of drug-likeness (QED) is 0.361. The molecular formula is C20H32IN7O. The maximum Gasteiger partial charge on any atom is 0.193 e. The van der Waals surface area contributed by atoms with Gasteiger partial charge < -0.3 is 25.1 Å². The molecule has 1 aromatic heterocycles. The summed E-state index contributed by atoms with van der Waals surface area (Å²) in [6, 6.07) is 7.73. The number of rotatable bonds is 5. The number of benzene rings is 1. The van der Waals surface area contributed by atoms with Crippen molar-refractivity contribution in [3.05, 3.63) is 42.2 Å². The third-order valence-electron chi connectivity index (χ3n) is 5.20. The van der Waals surface area contributed by atoms with E-state index in [1.54, 1.807) is 6.07 Å². The average Bonchev–Trinajstić information content (AvgIpc) is 3.11. The molecule has 0 aliphatic carbocycles. The molecule has 0 radical (unpaired) electrons. The molecule has 2 N–H and O–H groups in total. The van der Waals surface area contributed by atoms with Gasteiger partial charge in [0, 0.05) is 58.6 Å². The summed E-state index contributed by atoms with van der Waals surface area (Å²) >= 11 is 0. The number of aliphatic imine (C=N–C) groups is 1. The van der Waals surface area contributed by atoms with E-state index in [2.05, 4.69) is 50.4 Å². The normalized spacial score (nSPS) is 16.0. The van der Waals surface area contributed by atoms with Crippen LogP contribution in [0.1, 0.15) is 11.6 Å². The molecule has 2 heterocycles. The maximum atomic E-state index is 10.1. The number of halogens is 1. The number of phenolic OH excluding ortho intramolecular Hbond substituents is 1. The minimum atomic E-state index is 0. The van der Waals surface area contributed by atoms with Crippen LogP contribution in [-0.2, 0) is 7.05 Å². The molecule has 1 aliphatic rings. The Morgan fingerprint density at radius 1 is 1.24 bits per heavy atom. The zero-order valence-corrected chi connectivity index (χ0v) is 19.9. The van der Waals surface area contributed by atoms with Crippen LogP contribution in [-0.4, -0.2) is 84.5 Å². The van der Waals surface area contributed by atoms with E-state index >= 15 is 0 Å². The number of piperazine rings is 1. The zero-order valence-electron chi connectivity index (χ0n) is 17.6. The Balaban J connectivity index is 0.00000300. The Morgan fingerprint density at radius 2 is 1.93 bits per heavy atom. The van der Waals surface area contributed by atoms with Crippen molar-refractivity contribution in [2.45, 2.75) is 6.04 Å². The molecule has 1 saturated heterocycles. The van der Waals surface area contributed by atoms with E-state index in [0.717, 1.165) is 44.4 Å². The highest BCUT2D eigenvalue weighted by Crippen LogP contribution is 2.27. The van der Waals surface area contributed by atoms with Gasteiger partial charge in [0.25, 0.3) is 0 Å². The number of anilines is 1. The molecule has 1 aliphatic heterocycles. The summed E-state index contributed by atoms with van der Waals surface area (Å²) in [6.07, 6.45) is 3.97. The molecule has 0 bridgehead atoms. The lowest BCUT2D eigenvalue weighted by Crippen LogP contribution is -2.53. The summed E-state index contributed by atoms with van der Waals surface area (Å²) in [5, 5.41) is 17.9. The molecule has 2 aromatic rings. The molecule has 8 nitrogen and oxygen atoms in total. The van der Waals surface area contributed by atoms with Gasteiger partial charge in [0.1, 0.15) is 5.75 Å². The molecule has 9 heteroatoms. The second kappa shape index (κ2) is 10.7. The number of likely N-dealkylation sites (N-methyl/N-ethyl adjacent to an activating group) is 1. The lowest BCUT2D eigenvalue weighted by atomic mass is 10.1. The average molecular weight is 513 g/mol. The topological polar surface area (TPSA) is 72.2 Å². The molecule has 0 spiro atoms. The minimum absolute atomic E-state index is 0. The fourth-order valence-corrected chi connectivity index (χ4v) is 3.62. The zero-order chi connectivity index (χ0) is 20.1. The number of nitrogens with zero attached hydrogens (tertiary/aromatic N) is 6. The highest BCUT2D eigenvalue weighted by molar-refractivity contribution is 14.0. The number of nitrogens with one attached hydrogen (secondary N) is 1. The van der Waals surface area contributed by atoms with E-state index < -0.39 is 0 Å². The molecule has 1 atom stereocenters. The Bertz CT molecular complexity index is 800. The van der Waals surface area contributed by atoms with Crippen LogP contribution in [0.15, 0.2) is 41.7 Å². The number of aryl methyl sites for hydroxylation is 1. The van der Waals surface area contributed by atoms with Crippen LogP contribution >= 0.6 is 24.0 Å². The van der Waals surface area contributed by atoms with Gasteiger partial charge >= 0.3 is 0 Å². The lowest BCUT2D eigenvalue weighted by Gasteiger charge is -2.38. The first kappa shape index (κ1) is 23.3. The summed E-state index contributed by atoms with van der Waals surface area (Å²) < 4.78 is 1.83. The third kappa shape index (κ3) is 5.75. The monoisotopic (exact) mass is 513 g/mol. The van der Waals surface area contributed by atoms with Crippen molar-refractivity contribution in [2.24, 2.45) is 12.0 Å². The Kier molecular flexibility index (Phi) is 8.57. The van der Waals surface area contributed by atoms with Gasteiger partial charge in [-0.2, -0.15) is 5.10 Å². The van der Waals surface area contributed by atoms with E-state index in [-0.39, 0.29) is 30.0 Å². The molecule has 1 aromatic carbocycles. The van der Waals surface area contributed by atoms with E-state index in [0.29, 0.717) is 5.75 Å². The predicted octanol–water partition coefficient (Wildman–Crippen LogP) is 1.74. The largest absolute Gasteiger partial charge is 0.506 e. The van der Waals surface area contributed by atoms with Gasteiger partial charge in [-0.25, -0.2) is 0 Å². The van der Waals surface area contributed by atoms with Crippen LogP contribution in [0.5, 0.6) is 5.75 Å². The van der Waals surface area contributed by atoms with Gasteiger partial charge in [-0.15, -0.1) is 24.0 Å². The van der Waals surface area contributed by atoms with Gasteiger partial charge in [0.05, 0.1) is 17.9 Å². The van der Waals surface area contributed by atoms with Crippen LogP contribution in [0.2, 0.25) is 0 Å². The van der Waals surface area contributed by atoms with E-state index in [1.807, 2.05) is 43.2 Å². The van der Waals surface area contributed by atoms with E-state index in [4.69, 9.17) is 0 Å². The van der Waals surface area contributed by atoms with Gasteiger partial charge in [-0.1, -0.05) is 12.1 Å². The number of para-hydroxylation sites is 2. The SMILES string of the molecule is CN=C(NCC(c1cnn(C)c1)N(C)C)N1CCN(c2ccccc2O)CC1.I. The summed E-state index contributed by atoms with van der Waals surface area (Å²) in [6.45, 7) is 4.15. The maximum absolute atomic E-state index is 10.1. The first-order valence-corrected chi connectivity index (χ1v) is 9.63. The highest BCUT2D eigenvalue weighted by Gasteiger charge is 2.23. The summed E-state index contributed by atoms with van der Waals surface area (Å²) in [7, 11) is 7.92. The number of hydrogen-bond acceptors (Lipinski definition) is 5. The predicted molar refractivity (Wildman–Crippen MR) is 128 cm³/mol. The van der Waals surface area contributed by atoms with E-state index in [1.165, 1.54) is 5.56 Å². The van der Waals surface area contributed by atoms with Gasteiger partial charge in [0.15, 0.2) is 5.96 Å². The Hall–Kier alpha value is -2.01. The van der Waals surface area contributed by atoms with Crippen LogP contribution in [0, 0.1) is 0 Å². The smallest absolute Gasteiger partial charge is 0.193 e. The molecule has 0 saturated carbocycles. The van der Waals surface area contributed by atoms with Crippen LogP contribution < -0.4 is 10.2 Å². The molecule has 0 amide bonds. The number of phenols is 1. The Labute approximate surface area is 190 Å². The molecule has 1 fully saturated rings. The van der Waals surface area contributed by atoms with Crippen molar-refractivity contribution in [1.82, 2.24) is 24.9 Å². The van der Waals surface area contributed by atoms with Crippen molar-refractivity contribution in [1.29, 1.82) is 0 Å². The second-order valence-electron chi connectivity index (χ2n) is 7.32. The fourth-order valence-electron chi connectivity index (χ4n) is 3.62. The lowest BCUT2D eigenvalue weighted by molar-refractivity contribution is 0.292. The standard InChI is InChI=1S/C20H31N7O.HI/c1-21-20(22-14-18(24(2)3)16-13-23-25(4)15-16)27-11-9-26(10-12-27)17-7-5-6-8-19(17)28;/h5-8,13,15,18,28H,9-12,14H2,1-4H3,(H,21,22);1H. The number of guanidine groups is 1. The molecule has 29 heavy (non-hydrogen) atoms. The summed E-state index contributed by atoms with van der Waals surface area (Å²) in [4.78, 5) is 11.2. The van der Waals surface area contributed by atoms with Crippen molar-refractivity contribution in [2.75, 3.05) is 58.8 Å². The molecule has 1 unspecified atom stereocenters. The first-order valence-electron chi connectivity index (χ1n) is 9.63. The third-order valence-corrected chi connectivity index (χ3v) is 5.20. The molecular weight excluding hydrogens is 481 g/mol. The number of aromatic hydroxyl groups is 1. The van der Waals surface area contributed by atoms with Crippen molar-refractivity contribution >= 4 is 35.6 Å². The summed E-state index contributed by atoms with van der Waals surface area (Å²) in [5.74, 6) is 1.25. The molecule has 160 valence electrons. The highest BCUT2D eigenvalue weighted by atomic mass is 127. The first-order chi connectivity index (χ1) is 13.5. The van der Waals surface area contributed by atoms with Gasteiger partial charge in [-0.3, -0.25) is 9.67 Å². The number of aromatic nitrogens is 2. The van der Waals surface area contributed by atoms with E-state index in [9.17, 15) is 5.11 Å². The fraction of sp³-hybridized carbons (Fsp3) is 0.500. The second-order valence-corrected chi connectivity index (χ2v) is 7.32. The molecule has 3 rings (SSSR count). The van der Waals surface area contributed by atoms with Crippen molar-refractivity contribution in [3.8, 4) is 5.75 Å². The van der Waals surface area contributed by atoms with Crippen LogP contribution in [0.4, 0.5) is 5.69 Å².